The molecule has 102 valence electrons. The number of aromatic nitrogens is 2. The number of anilines is 1. The molecular weight excluding hydrogens is 256 g/mol. The summed E-state index contributed by atoms with van der Waals surface area (Å²) >= 11 is 5.56. The summed E-state index contributed by atoms with van der Waals surface area (Å²) in [7, 11) is 0. The van der Waals surface area contributed by atoms with E-state index in [0.717, 1.165) is 0 Å². The van der Waals surface area contributed by atoms with Crippen molar-refractivity contribution in [3.8, 4) is 0 Å². The molecule has 2 N–H and O–H groups in total. The van der Waals surface area contributed by atoms with Crippen molar-refractivity contribution in [1.29, 1.82) is 0 Å². The first-order valence-corrected chi connectivity index (χ1v) is 6.32. The standard InChI is InChI=1S/C11H19ClN4O2/c1-7(9(17)14-11(2,3)4)13-10-16-15-8(18-10)5-6-12/h7H,5-6H2,1-4H3,(H,13,16)(H,14,17). The van der Waals surface area contributed by atoms with Crippen molar-refractivity contribution in [2.75, 3.05) is 11.2 Å². The molecule has 0 spiro atoms. The lowest BCUT2D eigenvalue weighted by molar-refractivity contribution is -0.122. The van der Waals surface area contributed by atoms with Crippen LogP contribution in [-0.4, -0.2) is 33.6 Å². The summed E-state index contributed by atoms with van der Waals surface area (Å²) in [5, 5.41) is 13.3. The van der Waals surface area contributed by atoms with Crippen molar-refractivity contribution in [3.63, 3.8) is 0 Å². The van der Waals surface area contributed by atoms with Crippen molar-refractivity contribution >= 4 is 23.5 Å². The molecule has 1 aromatic rings. The molecule has 0 aliphatic carbocycles. The molecule has 1 unspecified atom stereocenters. The SMILES string of the molecule is CC(Nc1nnc(CCCl)o1)C(=O)NC(C)(C)C. The molecule has 1 amide bonds. The Kier molecular flexibility index (Phi) is 4.95. The van der Waals surface area contributed by atoms with E-state index >= 15 is 0 Å². The average molecular weight is 275 g/mol. The van der Waals surface area contributed by atoms with Crippen molar-refractivity contribution in [2.45, 2.75) is 45.7 Å². The van der Waals surface area contributed by atoms with E-state index in [-0.39, 0.29) is 17.5 Å². The molecule has 0 aromatic carbocycles. The molecule has 6 nitrogen and oxygen atoms in total. The number of hydrogen-bond donors (Lipinski definition) is 2. The molecule has 1 atom stereocenters. The van der Waals surface area contributed by atoms with Crippen molar-refractivity contribution in [2.24, 2.45) is 0 Å². The van der Waals surface area contributed by atoms with Gasteiger partial charge in [0, 0.05) is 17.8 Å². The molecule has 0 aliphatic heterocycles. The third kappa shape index (κ3) is 4.91. The zero-order valence-electron chi connectivity index (χ0n) is 11.1. The number of nitrogens with one attached hydrogen (secondary N) is 2. The maximum Gasteiger partial charge on any atom is 0.316 e. The molecular formula is C11H19ClN4O2. The molecule has 7 heteroatoms. The monoisotopic (exact) mass is 274 g/mol. The summed E-state index contributed by atoms with van der Waals surface area (Å²) in [6.07, 6.45) is 0.513. The Hall–Kier alpha value is -1.30. The van der Waals surface area contributed by atoms with Gasteiger partial charge in [-0.15, -0.1) is 16.7 Å². The van der Waals surface area contributed by atoms with Crippen LogP contribution in [0.25, 0.3) is 0 Å². The highest BCUT2D eigenvalue weighted by Gasteiger charge is 2.20. The number of rotatable bonds is 5. The number of halogens is 1. The third-order valence-corrected chi connectivity index (χ3v) is 2.20. The molecule has 0 saturated carbocycles. The molecule has 0 radical (unpaired) electrons. The fourth-order valence-corrected chi connectivity index (χ4v) is 1.38. The Morgan fingerprint density at radius 1 is 1.44 bits per heavy atom. The Morgan fingerprint density at radius 2 is 2.11 bits per heavy atom. The van der Waals surface area contributed by atoms with Gasteiger partial charge in [-0.1, -0.05) is 5.10 Å². The zero-order chi connectivity index (χ0) is 13.8. The van der Waals surface area contributed by atoms with Gasteiger partial charge in [-0.2, -0.15) is 0 Å². The van der Waals surface area contributed by atoms with Gasteiger partial charge in [-0.05, 0) is 27.7 Å². The maximum absolute atomic E-state index is 11.8. The summed E-state index contributed by atoms with van der Waals surface area (Å²) in [6.45, 7) is 7.49. The average Bonchev–Trinajstić information content (AvgIpc) is 2.63. The lowest BCUT2D eigenvalue weighted by Crippen LogP contribution is -2.47. The highest BCUT2D eigenvalue weighted by molar-refractivity contribution is 6.17. The Morgan fingerprint density at radius 3 is 2.67 bits per heavy atom. The van der Waals surface area contributed by atoms with Gasteiger partial charge >= 0.3 is 6.01 Å². The smallest absolute Gasteiger partial charge is 0.316 e. The number of aryl methyl sites for hydroxylation is 1. The number of hydrogen-bond acceptors (Lipinski definition) is 5. The van der Waals surface area contributed by atoms with Crippen LogP contribution in [0, 0.1) is 0 Å². The van der Waals surface area contributed by atoms with Crippen LogP contribution in [0.4, 0.5) is 6.01 Å². The number of carbonyl (C=O) groups is 1. The second-order valence-corrected chi connectivity index (χ2v) is 5.42. The van der Waals surface area contributed by atoms with Gasteiger partial charge in [0.2, 0.25) is 11.8 Å². The summed E-state index contributed by atoms with van der Waals surface area (Å²) in [6, 6.07) is -0.222. The van der Waals surface area contributed by atoms with E-state index < -0.39 is 6.04 Å². The predicted octanol–water partition coefficient (Wildman–Crippen LogP) is 1.57. The Labute approximate surface area is 111 Å². The van der Waals surface area contributed by atoms with Gasteiger partial charge in [-0.25, -0.2) is 0 Å². The molecule has 1 rings (SSSR count). The van der Waals surface area contributed by atoms with Crippen LogP contribution >= 0.6 is 11.6 Å². The first-order valence-electron chi connectivity index (χ1n) is 5.79. The normalized spacial score (nSPS) is 13.2. The van der Waals surface area contributed by atoms with Gasteiger partial charge in [0.25, 0.3) is 0 Å². The van der Waals surface area contributed by atoms with Crippen molar-refractivity contribution in [3.05, 3.63) is 5.89 Å². The lowest BCUT2D eigenvalue weighted by atomic mass is 10.1. The number of amides is 1. The lowest BCUT2D eigenvalue weighted by Gasteiger charge is -2.23. The fraction of sp³-hybridized carbons (Fsp3) is 0.727. The van der Waals surface area contributed by atoms with Crippen LogP contribution in [0.1, 0.15) is 33.6 Å². The van der Waals surface area contributed by atoms with Gasteiger partial charge in [0.15, 0.2) is 0 Å². The maximum atomic E-state index is 11.8. The first kappa shape index (κ1) is 14.8. The van der Waals surface area contributed by atoms with Gasteiger partial charge in [0.1, 0.15) is 6.04 Å². The van der Waals surface area contributed by atoms with E-state index in [9.17, 15) is 4.79 Å². The second kappa shape index (κ2) is 6.04. The number of nitrogens with zero attached hydrogens (tertiary/aromatic N) is 2. The molecule has 0 fully saturated rings. The third-order valence-electron chi connectivity index (χ3n) is 2.01. The summed E-state index contributed by atoms with van der Waals surface area (Å²) in [4.78, 5) is 11.8. The minimum absolute atomic E-state index is 0.125. The van der Waals surface area contributed by atoms with Crippen LogP contribution < -0.4 is 10.6 Å². The molecule has 18 heavy (non-hydrogen) atoms. The number of alkyl halides is 1. The largest absolute Gasteiger partial charge is 0.408 e. The molecule has 1 aromatic heterocycles. The van der Waals surface area contributed by atoms with Gasteiger partial charge in [0.05, 0.1) is 0 Å². The highest BCUT2D eigenvalue weighted by atomic mass is 35.5. The zero-order valence-corrected chi connectivity index (χ0v) is 11.8. The van der Waals surface area contributed by atoms with E-state index in [1.807, 2.05) is 20.8 Å². The Balaban J connectivity index is 2.52. The van der Waals surface area contributed by atoms with Crippen LogP contribution in [0.15, 0.2) is 4.42 Å². The first-order chi connectivity index (χ1) is 8.31. The van der Waals surface area contributed by atoms with E-state index in [1.165, 1.54) is 0 Å². The minimum atomic E-state index is -0.450. The quantitative estimate of drug-likeness (QED) is 0.797. The second-order valence-electron chi connectivity index (χ2n) is 5.05. The van der Waals surface area contributed by atoms with Crippen molar-refractivity contribution < 1.29 is 9.21 Å². The predicted molar refractivity (Wildman–Crippen MR) is 69.7 cm³/mol. The summed E-state index contributed by atoms with van der Waals surface area (Å²) in [5.74, 6) is 0.748. The minimum Gasteiger partial charge on any atom is -0.408 e. The van der Waals surface area contributed by atoms with Crippen molar-refractivity contribution in [1.82, 2.24) is 15.5 Å². The summed E-state index contributed by atoms with van der Waals surface area (Å²) in [5.41, 5.74) is -0.272. The van der Waals surface area contributed by atoms with Gasteiger partial charge in [-0.3, -0.25) is 4.79 Å². The Bertz CT molecular complexity index is 400. The fourth-order valence-electron chi connectivity index (χ4n) is 1.22. The van der Waals surface area contributed by atoms with Gasteiger partial charge < -0.3 is 15.1 Å². The molecule has 0 aliphatic rings. The topological polar surface area (TPSA) is 80.1 Å². The van der Waals surface area contributed by atoms with Crippen LogP contribution in [-0.2, 0) is 11.2 Å². The van der Waals surface area contributed by atoms with E-state index in [0.29, 0.717) is 18.2 Å². The van der Waals surface area contributed by atoms with E-state index in [2.05, 4.69) is 20.8 Å². The van der Waals surface area contributed by atoms with E-state index in [4.69, 9.17) is 16.0 Å². The molecule has 1 heterocycles. The summed E-state index contributed by atoms with van der Waals surface area (Å²) < 4.78 is 5.28. The highest BCUT2D eigenvalue weighted by Crippen LogP contribution is 2.09. The van der Waals surface area contributed by atoms with Crippen LogP contribution in [0.2, 0.25) is 0 Å². The van der Waals surface area contributed by atoms with E-state index in [1.54, 1.807) is 6.92 Å². The molecule has 0 bridgehead atoms. The molecule has 0 saturated heterocycles. The van der Waals surface area contributed by atoms with Crippen LogP contribution in [0.3, 0.4) is 0 Å². The number of carbonyl (C=O) groups excluding carboxylic acids is 1. The van der Waals surface area contributed by atoms with Crippen LogP contribution in [0.5, 0.6) is 0 Å².